The Balaban J connectivity index is 1.53. The zero-order valence-corrected chi connectivity index (χ0v) is 18.7. The number of anilines is 2. The Bertz CT molecular complexity index is 1150. The van der Waals surface area contributed by atoms with E-state index in [4.69, 9.17) is 22.1 Å². The minimum Gasteiger partial charge on any atom is -0.477 e. The third-order valence-electron chi connectivity index (χ3n) is 5.43. The Kier molecular flexibility index (Phi) is 6.27. The van der Waals surface area contributed by atoms with Gasteiger partial charge in [0.05, 0.1) is 34.4 Å². The van der Waals surface area contributed by atoms with E-state index in [0.717, 1.165) is 12.8 Å². The van der Waals surface area contributed by atoms with Crippen molar-refractivity contribution in [3.63, 3.8) is 0 Å². The Morgan fingerprint density at radius 3 is 2.59 bits per heavy atom. The van der Waals surface area contributed by atoms with Crippen LogP contribution in [-0.2, 0) is 19.6 Å². The molecule has 2 aromatic carbocycles. The Morgan fingerprint density at radius 2 is 1.88 bits per heavy atom. The molecule has 170 valence electrons. The van der Waals surface area contributed by atoms with Crippen molar-refractivity contribution in [3.05, 3.63) is 47.5 Å². The largest absolute Gasteiger partial charge is 0.477 e. The lowest BCUT2D eigenvalue weighted by Gasteiger charge is -2.34. The molecule has 3 N–H and O–H groups in total. The molecule has 2 heterocycles. The number of amides is 2. The van der Waals surface area contributed by atoms with Gasteiger partial charge >= 0.3 is 0 Å². The van der Waals surface area contributed by atoms with Gasteiger partial charge in [0.15, 0.2) is 6.10 Å². The molecule has 4 rings (SSSR count). The smallest absolute Gasteiger partial charge is 0.260 e. The highest BCUT2D eigenvalue weighted by Crippen LogP contribution is 2.33. The van der Waals surface area contributed by atoms with E-state index in [2.05, 4.69) is 5.32 Å². The van der Waals surface area contributed by atoms with Crippen LogP contribution in [0.4, 0.5) is 11.4 Å². The normalized spacial score (nSPS) is 18.7. The molecule has 2 amide bonds. The number of nitrogens with one attached hydrogen (secondary N) is 1. The van der Waals surface area contributed by atoms with Crippen LogP contribution >= 0.6 is 11.6 Å². The zero-order valence-electron chi connectivity index (χ0n) is 17.2. The second-order valence-corrected chi connectivity index (χ2v) is 10.0. The molecule has 1 fully saturated rings. The molecule has 1 atom stereocenters. The second kappa shape index (κ2) is 8.97. The highest BCUT2D eigenvalue weighted by atomic mass is 35.5. The molecule has 0 bridgehead atoms. The zero-order chi connectivity index (χ0) is 22.9. The maximum Gasteiger partial charge on any atom is 0.260 e. The van der Waals surface area contributed by atoms with Gasteiger partial charge < -0.3 is 20.7 Å². The average Bonchev–Trinajstić information content (AvgIpc) is 3.31. The predicted molar refractivity (Wildman–Crippen MR) is 120 cm³/mol. The van der Waals surface area contributed by atoms with Gasteiger partial charge in [-0.05, 0) is 43.2 Å². The monoisotopic (exact) mass is 478 g/mol. The number of carbonyl (C=O) groups excluding carboxylic acids is 2. The Hall–Kier alpha value is -2.82. The summed E-state index contributed by atoms with van der Waals surface area (Å²) in [6, 6.07) is 11.3. The fourth-order valence-corrected chi connectivity index (χ4v) is 5.51. The van der Waals surface area contributed by atoms with Crippen LogP contribution in [0.25, 0.3) is 0 Å². The molecule has 1 saturated heterocycles. The van der Waals surface area contributed by atoms with Crippen molar-refractivity contribution in [1.82, 2.24) is 4.31 Å². The van der Waals surface area contributed by atoms with Gasteiger partial charge in [-0.2, -0.15) is 4.31 Å². The molecular weight excluding hydrogens is 456 g/mol. The SMILES string of the molecule is NC(=O)[C@H]1CN(CC(=O)Nc2cc(S(=O)(=O)N3CCCC3)ccc2Cl)c2ccccc2O1. The lowest BCUT2D eigenvalue weighted by Crippen LogP contribution is -2.49. The minimum absolute atomic E-state index is 0.0737. The number of ether oxygens (including phenoxy) is 1. The van der Waals surface area contributed by atoms with Crippen LogP contribution in [0.2, 0.25) is 5.02 Å². The predicted octanol–water partition coefficient (Wildman–Crippen LogP) is 1.82. The quantitative estimate of drug-likeness (QED) is 0.653. The van der Waals surface area contributed by atoms with Crippen LogP contribution in [0.3, 0.4) is 0 Å². The molecule has 9 nitrogen and oxygen atoms in total. The van der Waals surface area contributed by atoms with Crippen LogP contribution in [0.15, 0.2) is 47.4 Å². The fraction of sp³-hybridized carbons (Fsp3) is 0.333. The molecule has 0 spiro atoms. The summed E-state index contributed by atoms with van der Waals surface area (Å²) < 4.78 is 32.7. The molecule has 0 aliphatic carbocycles. The van der Waals surface area contributed by atoms with Gasteiger partial charge in [0, 0.05) is 13.1 Å². The molecule has 32 heavy (non-hydrogen) atoms. The number of primary amides is 1. The number of benzene rings is 2. The van der Waals surface area contributed by atoms with Gasteiger partial charge in [-0.3, -0.25) is 9.59 Å². The van der Waals surface area contributed by atoms with Gasteiger partial charge in [0.1, 0.15) is 5.75 Å². The number of halogens is 1. The first-order chi connectivity index (χ1) is 15.3. The molecule has 2 aromatic rings. The lowest BCUT2D eigenvalue weighted by molar-refractivity contribution is -0.125. The first-order valence-corrected chi connectivity index (χ1v) is 12.0. The number of fused-ring (bicyclic) bond motifs is 1. The Labute approximate surface area is 191 Å². The van der Waals surface area contributed by atoms with E-state index < -0.39 is 27.9 Å². The number of carbonyl (C=O) groups is 2. The van der Waals surface area contributed by atoms with E-state index in [1.807, 2.05) is 0 Å². The van der Waals surface area contributed by atoms with E-state index in [9.17, 15) is 18.0 Å². The Morgan fingerprint density at radius 1 is 1.16 bits per heavy atom. The van der Waals surface area contributed by atoms with E-state index >= 15 is 0 Å². The van der Waals surface area contributed by atoms with Gasteiger partial charge in [0.25, 0.3) is 5.91 Å². The molecule has 2 aliphatic heterocycles. The van der Waals surface area contributed by atoms with Crippen LogP contribution < -0.4 is 20.7 Å². The summed E-state index contributed by atoms with van der Waals surface area (Å²) in [6.07, 6.45) is 0.753. The first kappa shape index (κ1) is 22.4. The van der Waals surface area contributed by atoms with E-state index in [1.165, 1.54) is 22.5 Å². The van der Waals surface area contributed by atoms with Gasteiger partial charge in [-0.1, -0.05) is 23.7 Å². The number of nitrogens with zero attached hydrogens (tertiary/aromatic N) is 2. The summed E-state index contributed by atoms with van der Waals surface area (Å²) in [7, 11) is -3.65. The highest BCUT2D eigenvalue weighted by molar-refractivity contribution is 7.89. The van der Waals surface area contributed by atoms with Crippen molar-refractivity contribution in [1.29, 1.82) is 0 Å². The van der Waals surface area contributed by atoms with E-state index in [1.54, 1.807) is 29.2 Å². The molecule has 0 aromatic heterocycles. The van der Waals surface area contributed by atoms with Gasteiger partial charge in [-0.15, -0.1) is 0 Å². The number of para-hydroxylation sites is 2. The molecule has 0 radical (unpaired) electrons. The number of hydrogen-bond acceptors (Lipinski definition) is 6. The standard InChI is InChI=1S/C21H23ClN4O5S/c22-15-8-7-14(32(29,30)26-9-3-4-10-26)11-16(15)24-20(27)13-25-12-19(21(23)28)31-18-6-2-1-5-17(18)25/h1-2,5-8,11,19H,3-4,9-10,12-13H2,(H2,23,28)(H,24,27)/t19-/m1/s1. The van der Waals surface area contributed by atoms with Crippen molar-refractivity contribution >= 4 is 44.8 Å². The summed E-state index contributed by atoms with van der Waals surface area (Å²) >= 11 is 6.22. The van der Waals surface area contributed by atoms with Crippen molar-refractivity contribution in [2.24, 2.45) is 5.73 Å². The molecule has 2 aliphatic rings. The van der Waals surface area contributed by atoms with Crippen LogP contribution in [-0.4, -0.2) is 56.8 Å². The second-order valence-electron chi connectivity index (χ2n) is 7.66. The summed E-state index contributed by atoms with van der Waals surface area (Å²) in [5.74, 6) is -0.609. The highest BCUT2D eigenvalue weighted by Gasteiger charge is 2.31. The van der Waals surface area contributed by atoms with Crippen molar-refractivity contribution < 1.29 is 22.7 Å². The van der Waals surface area contributed by atoms with Crippen molar-refractivity contribution in [3.8, 4) is 5.75 Å². The molecule has 11 heteroatoms. The van der Waals surface area contributed by atoms with Crippen LogP contribution in [0.1, 0.15) is 12.8 Å². The summed E-state index contributed by atoms with van der Waals surface area (Å²) in [4.78, 5) is 26.2. The van der Waals surface area contributed by atoms with Crippen LogP contribution in [0.5, 0.6) is 5.75 Å². The number of sulfonamides is 1. The van der Waals surface area contributed by atoms with Crippen molar-refractivity contribution in [2.75, 3.05) is 36.4 Å². The molecule has 0 unspecified atom stereocenters. The fourth-order valence-electron chi connectivity index (χ4n) is 3.81. The first-order valence-electron chi connectivity index (χ1n) is 10.2. The number of rotatable bonds is 6. The molecular formula is C21H23ClN4O5S. The lowest BCUT2D eigenvalue weighted by atomic mass is 10.1. The number of hydrogen-bond donors (Lipinski definition) is 2. The third kappa shape index (κ3) is 4.52. The van der Waals surface area contributed by atoms with Gasteiger partial charge in [0.2, 0.25) is 15.9 Å². The maximum atomic E-state index is 12.8. The summed E-state index contributed by atoms with van der Waals surface area (Å²) in [5.41, 5.74) is 6.25. The average molecular weight is 479 g/mol. The van der Waals surface area contributed by atoms with E-state index in [0.29, 0.717) is 24.5 Å². The van der Waals surface area contributed by atoms with Crippen LogP contribution in [0, 0.1) is 0 Å². The van der Waals surface area contributed by atoms with Gasteiger partial charge in [-0.25, -0.2) is 8.42 Å². The van der Waals surface area contributed by atoms with E-state index in [-0.39, 0.29) is 28.7 Å². The maximum absolute atomic E-state index is 12.8. The minimum atomic E-state index is -3.65. The van der Waals surface area contributed by atoms with Crippen molar-refractivity contribution in [2.45, 2.75) is 23.8 Å². The summed E-state index contributed by atoms with van der Waals surface area (Å²) in [6.45, 7) is 0.953. The molecule has 0 saturated carbocycles. The third-order valence-corrected chi connectivity index (χ3v) is 7.65. The number of nitrogens with two attached hydrogens (primary N) is 1. The summed E-state index contributed by atoms with van der Waals surface area (Å²) in [5, 5.41) is 2.90. The topological polar surface area (TPSA) is 122 Å².